The standard InChI is InChI=1S/C11H12N4O/c1-9(13-16)7-15-8-11(12-14-15)10-5-3-2-4-6-10/h2-6,8,16H,7H2,1H3/b13-9+. The van der Waals surface area contributed by atoms with Gasteiger partial charge < -0.3 is 5.21 Å². The summed E-state index contributed by atoms with van der Waals surface area (Å²) < 4.78 is 1.64. The van der Waals surface area contributed by atoms with Crippen molar-refractivity contribution in [3.63, 3.8) is 0 Å². The molecule has 82 valence electrons. The van der Waals surface area contributed by atoms with E-state index in [-0.39, 0.29) is 0 Å². The van der Waals surface area contributed by atoms with E-state index in [0.717, 1.165) is 11.3 Å². The molecule has 1 aromatic carbocycles. The third kappa shape index (κ3) is 2.25. The Kier molecular flexibility index (Phi) is 2.95. The quantitative estimate of drug-likeness (QED) is 0.483. The molecule has 0 atom stereocenters. The van der Waals surface area contributed by atoms with Crippen LogP contribution < -0.4 is 0 Å². The third-order valence-corrected chi connectivity index (χ3v) is 2.17. The minimum atomic E-state index is 0.441. The molecule has 1 N–H and O–H groups in total. The van der Waals surface area contributed by atoms with Gasteiger partial charge in [-0.2, -0.15) is 0 Å². The first kappa shape index (κ1) is 10.4. The van der Waals surface area contributed by atoms with Crippen LogP contribution in [0.2, 0.25) is 0 Å². The van der Waals surface area contributed by atoms with Gasteiger partial charge in [0.1, 0.15) is 5.69 Å². The predicted molar refractivity (Wildman–Crippen MR) is 60.4 cm³/mol. The van der Waals surface area contributed by atoms with Crippen LogP contribution in [0.3, 0.4) is 0 Å². The van der Waals surface area contributed by atoms with Crippen molar-refractivity contribution in [1.29, 1.82) is 0 Å². The summed E-state index contributed by atoms with van der Waals surface area (Å²) >= 11 is 0. The lowest BCUT2D eigenvalue weighted by molar-refractivity contribution is 0.316. The van der Waals surface area contributed by atoms with Crippen LogP contribution in [0.15, 0.2) is 41.7 Å². The third-order valence-electron chi connectivity index (χ3n) is 2.17. The van der Waals surface area contributed by atoms with E-state index in [1.165, 1.54) is 0 Å². The van der Waals surface area contributed by atoms with Crippen LogP contribution in [0, 0.1) is 0 Å². The van der Waals surface area contributed by atoms with Crippen molar-refractivity contribution in [2.24, 2.45) is 5.16 Å². The molecule has 0 aliphatic heterocycles. The van der Waals surface area contributed by atoms with E-state index >= 15 is 0 Å². The molecule has 0 unspecified atom stereocenters. The van der Waals surface area contributed by atoms with Gasteiger partial charge in [0.2, 0.25) is 0 Å². The topological polar surface area (TPSA) is 63.3 Å². The Bertz CT molecular complexity index is 490. The zero-order valence-electron chi connectivity index (χ0n) is 8.91. The second-order valence-electron chi connectivity index (χ2n) is 3.50. The van der Waals surface area contributed by atoms with Gasteiger partial charge in [-0.05, 0) is 6.92 Å². The summed E-state index contributed by atoms with van der Waals surface area (Å²) in [7, 11) is 0. The Morgan fingerprint density at radius 2 is 2.12 bits per heavy atom. The first-order chi connectivity index (χ1) is 7.79. The van der Waals surface area contributed by atoms with E-state index in [1.54, 1.807) is 11.6 Å². The fraction of sp³-hybridized carbons (Fsp3) is 0.182. The monoisotopic (exact) mass is 216 g/mol. The molecule has 0 amide bonds. The molecule has 0 saturated heterocycles. The van der Waals surface area contributed by atoms with E-state index in [0.29, 0.717) is 12.3 Å². The van der Waals surface area contributed by atoms with Crippen molar-refractivity contribution < 1.29 is 5.21 Å². The lowest BCUT2D eigenvalue weighted by atomic mass is 10.2. The maximum absolute atomic E-state index is 8.55. The highest BCUT2D eigenvalue weighted by Crippen LogP contribution is 2.14. The molecule has 2 rings (SSSR count). The summed E-state index contributed by atoms with van der Waals surface area (Å²) in [6.07, 6.45) is 1.82. The van der Waals surface area contributed by atoms with Gasteiger partial charge in [-0.3, -0.25) is 0 Å². The lowest BCUT2D eigenvalue weighted by Crippen LogP contribution is -2.07. The molecule has 0 aliphatic rings. The molecular formula is C11H12N4O. The van der Waals surface area contributed by atoms with Crippen LogP contribution >= 0.6 is 0 Å². The molecule has 1 aromatic heterocycles. The molecule has 2 aromatic rings. The Morgan fingerprint density at radius 3 is 2.81 bits per heavy atom. The highest BCUT2D eigenvalue weighted by Gasteiger charge is 2.03. The van der Waals surface area contributed by atoms with E-state index in [1.807, 2.05) is 36.5 Å². The van der Waals surface area contributed by atoms with Crippen molar-refractivity contribution in [3.8, 4) is 11.3 Å². The average Bonchev–Trinajstić information content (AvgIpc) is 2.78. The lowest BCUT2D eigenvalue weighted by Gasteiger charge is -1.96. The highest BCUT2D eigenvalue weighted by molar-refractivity contribution is 5.80. The molecule has 0 spiro atoms. The average molecular weight is 216 g/mol. The molecule has 5 nitrogen and oxygen atoms in total. The van der Waals surface area contributed by atoms with E-state index in [9.17, 15) is 0 Å². The van der Waals surface area contributed by atoms with E-state index < -0.39 is 0 Å². The van der Waals surface area contributed by atoms with Gasteiger partial charge >= 0.3 is 0 Å². The molecule has 0 radical (unpaired) electrons. The molecular weight excluding hydrogens is 204 g/mol. The second kappa shape index (κ2) is 4.57. The van der Waals surface area contributed by atoms with Crippen molar-refractivity contribution in [2.75, 3.05) is 0 Å². The summed E-state index contributed by atoms with van der Waals surface area (Å²) in [6.45, 7) is 2.17. The molecule has 16 heavy (non-hydrogen) atoms. The molecule has 0 saturated carbocycles. The van der Waals surface area contributed by atoms with Gasteiger partial charge in [-0.1, -0.05) is 40.7 Å². The largest absolute Gasteiger partial charge is 0.411 e. The van der Waals surface area contributed by atoms with Crippen molar-refractivity contribution >= 4 is 5.71 Å². The first-order valence-corrected chi connectivity index (χ1v) is 4.92. The van der Waals surface area contributed by atoms with Crippen molar-refractivity contribution in [1.82, 2.24) is 15.0 Å². The van der Waals surface area contributed by atoms with Crippen molar-refractivity contribution in [3.05, 3.63) is 36.5 Å². The molecule has 1 heterocycles. The number of aromatic nitrogens is 3. The smallest absolute Gasteiger partial charge is 0.113 e. The fourth-order valence-corrected chi connectivity index (χ4v) is 1.38. The summed E-state index contributed by atoms with van der Waals surface area (Å²) in [5.41, 5.74) is 2.42. The number of benzene rings is 1. The Morgan fingerprint density at radius 1 is 1.38 bits per heavy atom. The maximum atomic E-state index is 8.55. The molecule has 0 bridgehead atoms. The number of oxime groups is 1. The second-order valence-corrected chi connectivity index (χ2v) is 3.50. The van der Waals surface area contributed by atoms with Crippen LogP contribution in [0.1, 0.15) is 6.92 Å². The number of nitrogens with zero attached hydrogens (tertiary/aromatic N) is 4. The number of rotatable bonds is 3. The Hall–Kier alpha value is -2.17. The summed E-state index contributed by atoms with van der Waals surface area (Å²) in [4.78, 5) is 0. The normalized spacial score (nSPS) is 11.7. The van der Waals surface area contributed by atoms with Crippen LogP contribution in [0.25, 0.3) is 11.3 Å². The zero-order chi connectivity index (χ0) is 11.4. The minimum absolute atomic E-state index is 0.441. The predicted octanol–water partition coefficient (Wildman–Crippen LogP) is 1.80. The van der Waals surface area contributed by atoms with Crippen LogP contribution in [-0.4, -0.2) is 25.9 Å². The van der Waals surface area contributed by atoms with Crippen LogP contribution in [0.4, 0.5) is 0 Å². The van der Waals surface area contributed by atoms with Crippen molar-refractivity contribution in [2.45, 2.75) is 13.5 Å². The van der Waals surface area contributed by atoms with E-state index in [4.69, 9.17) is 5.21 Å². The highest BCUT2D eigenvalue weighted by atomic mass is 16.4. The molecule has 5 heteroatoms. The van der Waals surface area contributed by atoms with E-state index in [2.05, 4.69) is 15.5 Å². The van der Waals surface area contributed by atoms with Gasteiger partial charge in [0, 0.05) is 5.56 Å². The maximum Gasteiger partial charge on any atom is 0.113 e. The number of hydrogen-bond donors (Lipinski definition) is 1. The van der Waals surface area contributed by atoms with Gasteiger partial charge in [0.15, 0.2) is 0 Å². The fourth-order valence-electron chi connectivity index (χ4n) is 1.38. The zero-order valence-corrected chi connectivity index (χ0v) is 8.91. The van der Waals surface area contributed by atoms with Gasteiger partial charge in [-0.15, -0.1) is 5.10 Å². The summed E-state index contributed by atoms with van der Waals surface area (Å²) in [5.74, 6) is 0. The summed E-state index contributed by atoms with van der Waals surface area (Å²) in [5, 5.41) is 19.6. The molecule has 0 fully saturated rings. The minimum Gasteiger partial charge on any atom is -0.411 e. The molecule has 0 aliphatic carbocycles. The number of hydrogen-bond acceptors (Lipinski definition) is 4. The Balaban J connectivity index is 2.20. The van der Waals surface area contributed by atoms with Gasteiger partial charge in [0.05, 0.1) is 18.5 Å². The Labute approximate surface area is 93.0 Å². The van der Waals surface area contributed by atoms with Gasteiger partial charge in [-0.25, -0.2) is 4.68 Å². The summed E-state index contributed by atoms with van der Waals surface area (Å²) in [6, 6.07) is 9.81. The SMILES string of the molecule is C/C(Cn1cc(-c2ccccc2)nn1)=N\O. The first-order valence-electron chi connectivity index (χ1n) is 4.92. The van der Waals surface area contributed by atoms with Crippen LogP contribution in [0.5, 0.6) is 0 Å². The van der Waals surface area contributed by atoms with Gasteiger partial charge in [0.25, 0.3) is 0 Å². The van der Waals surface area contributed by atoms with Crippen LogP contribution in [-0.2, 0) is 6.54 Å².